The highest BCUT2D eigenvalue weighted by atomic mass is 14.9. The smallest absolute Gasteiger partial charge is 0.0136 e. The predicted octanol–water partition coefficient (Wildman–Crippen LogP) is 4.62. The maximum absolute atomic E-state index is 4.22. The maximum atomic E-state index is 4.22. The Morgan fingerprint density at radius 1 is 1.31 bits per heavy atom. The summed E-state index contributed by atoms with van der Waals surface area (Å²) in [5.41, 5.74) is 4.13. The summed E-state index contributed by atoms with van der Waals surface area (Å²) >= 11 is 0. The van der Waals surface area contributed by atoms with E-state index >= 15 is 0 Å². The van der Waals surface area contributed by atoms with Gasteiger partial charge in [0.15, 0.2) is 0 Å². The van der Waals surface area contributed by atoms with Gasteiger partial charge in [-0.2, -0.15) is 0 Å². The lowest BCUT2D eigenvalue weighted by Crippen LogP contribution is -2.40. The average Bonchev–Trinajstić information content (AvgIpc) is 2.15. The lowest BCUT2D eigenvalue weighted by Gasteiger charge is -2.47. The first kappa shape index (κ1) is 13.3. The molecule has 0 aromatic rings. The molecule has 1 heteroatoms. The number of hydrogen-bond acceptors (Lipinski definition) is 1. The molecule has 1 fully saturated rings. The van der Waals surface area contributed by atoms with Gasteiger partial charge in [0, 0.05) is 16.8 Å². The first-order chi connectivity index (χ1) is 7.39. The summed E-state index contributed by atoms with van der Waals surface area (Å²) < 4.78 is 0. The third-order valence-electron chi connectivity index (χ3n) is 3.99. The lowest BCUT2D eigenvalue weighted by molar-refractivity contribution is 0.102. The quantitative estimate of drug-likeness (QED) is 0.714. The third kappa shape index (κ3) is 2.90. The van der Waals surface area contributed by atoms with Crippen LogP contribution in [0, 0.1) is 11.3 Å². The van der Waals surface area contributed by atoms with Crippen LogP contribution in [0.3, 0.4) is 0 Å². The monoisotopic (exact) mass is 221 g/mol. The van der Waals surface area contributed by atoms with Gasteiger partial charge in [-0.15, -0.1) is 0 Å². The lowest BCUT2D eigenvalue weighted by atomic mass is 9.60. The summed E-state index contributed by atoms with van der Waals surface area (Å²) in [7, 11) is 0. The van der Waals surface area contributed by atoms with Crippen molar-refractivity contribution >= 4 is 0 Å². The van der Waals surface area contributed by atoms with Gasteiger partial charge in [0.05, 0.1) is 0 Å². The highest BCUT2D eigenvalue weighted by Gasteiger charge is 2.41. The normalized spacial score (nSPS) is 28.2. The molecule has 0 amide bonds. The predicted molar refractivity (Wildman–Crippen MR) is 72.1 cm³/mol. The van der Waals surface area contributed by atoms with Crippen LogP contribution in [0.15, 0.2) is 23.5 Å². The van der Waals surface area contributed by atoms with E-state index in [-0.39, 0.29) is 0 Å². The van der Waals surface area contributed by atoms with Crippen LogP contribution in [0.2, 0.25) is 0 Å². The van der Waals surface area contributed by atoms with Gasteiger partial charge in [0.25, 0.3) is 0 Å². The van der Waals surface area contributed by atoms with E-state index in [1.165, 1.54) is 42.7 Å². The van der Waals surface area contributed by atoms with Gasteiger partial charge in [-0.05, 0) is 39.5 Å². The molecule has 92 valence electrons. The molecular weight excluding hydrogens is 194 g/mol. The second kappa shape index (κ2) is 5.07. The van der Waals surface area contributed by atoms with Crippen LogP contribution in [0.4, 0.5) is 0 Å². The van der Waals surface area contributed by atoms with Gasteiger partial charge in [-0.1, -0.05) is 38.8 Å². The van der Waals surface area contributed by atoms with E-state index in [0.717, 1.165) is 5.92 Å². The number of rotatable bonds is 5. The van der Waals surface area contributed by atoms with Gasteiger partial charge in [0.2, 0.25) is 0 Å². The van der Waals surface area contributed by atoms with Crippen molar-refractivity contribution in [3.63, 3.8) is 0 Å². The largest absolute Gasteiger partial charge is 0.363 e. The molecule has 0 radical (unpaired) electrons. The first-order valence-electron chi connectivity index (χ1n) is 6.49. The molecule has 1 aliphatic carbocycles. The minimum absolute atomic E-state index is 0.330. The first-order valence-corrected chi connectivity index (χ1v) is 6.49. The Hall–Kier alpha value is -0.720. The highest BCUT2D eigenvalue weighted by molar-refractivity contribution is 5.19. The van der Waals surface area contributed by atoms with E-state index in [4.69, 9.17) is 0 Å². The van der Waals surface area contributed by atoms with Gasteiger partial charge in [0.1, 0.15) is 0 Å². The fourth-order valence-electron chi connectivity index (χ4n) is 2.58. The van der Waals surface area contributed by atoms with E-state index in [1.807, 2.05) is 0 Å². The Bertz CT molecular complexity index is 289. The molecule has 16 heavy (non-hydrogen) atoms. The molecule has 0 heterocycles. The Morgan fingerprint density at radius 3 is 2.31 bits per heavy atom. The van der Waals surface area contributed by atoms with E-state index in [2.05, 4.69) is 46.5 Å². The Morgan fingerprint density at radius 2 is 1.88 bits per heavy atom. The van der Waals surface area contributed by atoms with Crippen molar-refractivity contribution < 1.29 is 0 Å². The van der Waals surface area contributed by atoms with Gasteiger partial charge < -0.3 is 5.32 Å². The molecule has 0 aromatic heterocycles. The fourth-order valence-corrected chi connectivity index (χ4v) is 2.58. The second-order valence-corrected chi connectivity index (χ2v) is 5.85. The molecule has 0 aliphatic heterocycles. The summed E-state index contributed by atoms with van der Waals surface area (Å²) in [6.45, 7) is 15.2. The van der Waals surface area contributed by atoms with Crippen LogP contribution in [0.5, 0.6) is 0 Å². The molecule has 0 unspecified atom stereocenters. The van der Waals surface area contributed by atoms with Crippen molar-refractivity contribution in [2.75, 3.05) is 0 Å². The number of nitrogens with one attached hydrogen (secondary N) is 1. The minimum Gasteiger partial charge on any atom is -0.363 e. The molecule has 0 aromatic carbocycles. The Balaban J connectivity index is 2.48. The van der Waals surface area contributed by atoms with Gasteiger partial charge in [-0.3, -0.25) is 0 Å². The zero-order chi connectivity index (χ0) is 12.3. The highest BCUT2D eigenvalue weighted by Crippen LogP contribution is 2.51. The van der Waals surface area contributed by atoms with Gasteiger partial charge in [-0.25, -0.2) is 0 Å². The fraction of sp³-hybridized carbons (Fsp3) is 0.733. The number of allylic oxidation sites excluding steroid dienone is 3. The standard InChI is InChI=1S/C15H27N/c1-7-8-14-9-15(6,10-14)13(5)16-12(4)11(2)3/h14,16H,5,7-10H2,1-4,6H3. The average molecular weight is 221 g/mol. The molecule has 1 N–H and O–H groups in total. The second-order valence-electron chi connectivity index (χ2n) is 5.85. The van der Waals surface area contributed by atoms with E-state index in [9.17, 15) is 0 Å². The topological polar surface area (TPSA) is 12.0 Å². The zero-order valence-corrected chi connectivity index (χ0v) is 11.6. The van der Waals surface area contributed by atoms with Crippen LogP contribution in [-0.4, -0.2) is 0 Å². The van der Waals surface area contributed by atoms with Crippen molar-refractivity contribution in [1.29, 1.82) is 0 Å². The zero-order valence-electron chi connectivity index (χ0n) is 11.6. The van der Waals surface area contributed by atoms with Crippen LogP contribution < -0.4 is 5.32 Å². The maximum Gasteiger partial charge on any atom is 0.0136 e. The molecule has 1 nitrogen and oxygen atoms in total. The molecule has 1 saturated carbocycles. The molecule has 0 bridgehead atoms. The van der Waals surface area contributed by atoms with Crippen molar-refractivity contribution in [1.82, 2.24) is 5.32 Å². The van der Waals surface area contributed by atoms with Crippen LogP contribution in [0.25, 0.3) is 0 Å². The summed E-state index contributed by atoms with van der Waals surface area (Å²) in [4.78, 5) is 0. The van der Waals surface area contributed by atoms with E-state index < -0.39 is 0 Å². The Labute approximate surface area is 101 Å². The molecular formula is C15H27N. The van der Waals surface area contributed by atoms with Gasteiger partial charge >= 0.3 is 0 Å². The van der Waals surface area contributed by atoms with Crippen molar-refractivity contribution in [3.05, 3.63) is 23.5 Å². The van der Waals surface area contributed by atoms with Crippen molar-refractivity contribution in [2.24, 2.45) is 11.3 Å². The number of hydrogen-bond donors (Lipinski definition) is 1. The SMILES string of the molecule is C=C(NC(C)=C(C)C)C1(C)CC(CCC)C1. The van der Waals surface area contributed by atoms with Crippen LogP contribution in [-0.2, 0) is 0 Å². The molecule has 1 rings (SSSR count). The minimum atomic E-state index is 0.330. The van der Waals surface area contributed by atoms with E-state index in [0.29, 0.717) is 5.41 Å². The summed E-state index contributed by atoms with van der Waals surface area (Å²) in [5, 5.41) is 3.47. The molecule has 0 atom stereocenters. The molecule has 0 saturated heterocycles. The molecule has 1 aliphatic rings. The summed E-state index contributed by atoms with van der Waals surface area (Å²) in [6.07, 6.45) is 5.31. The van der Waals surface area contributed by atoms with Crippen molar-refractivity contribution in [2.45, 2.75) is 60.3 Å². The van der Waals surface area contributed by atoms with Crippen LogP contribution in [0.1, 0.15) is 60.3 Å². The van der Waals surface area contributed by atoms with Crippen molar-refractivity contribution in [3.8, 4) is 0 Å². The summed E-state index contributed by atoms with van der Waals surface area (Å²) in [6, 6.07) is 0. The Kier molecular flexibility index (Phi) is 4.23. The molecule has 0 spiro atoms. The van der Waals surface area contributed by atoms with E-state index in [1.54, 1.807) is 0 Å². The van der Waals surface area contributed by atoms with Crippen LogP contribution >= 0.6 is 0 Å². The third-order valence-corrected chi connectivity index (χ3v) is 3.99. The summed E-state index contributed by atoms with van der Waals surface area (Å²) in [5.74, 6) is 0.931.